The molecule has 1 aliphatic heterocycles. The first-order valence-electron chi connectivity index (χ1n) is 5.77. The Bertz CT molecular complexity index is 362. The van der Waals surface area contributed by atoms with E-state index in [4.69, 9.17) is 0 Å². The fraction of sp³-hybridized carbons (Fsp3) is 0.727. The molecule has 0 bridgehead atoms. The summed E-state index contributed by atoms with van der Waals surface area (Å²) < 4.78 is 3.04. The Morgan fingerprint density at radius 3 is 2.88 bits per heavy atom. The average molecular weight is 319 g/mol. The third kappa shape index (κ3) is 2.70. The van der Waals surface area contributed by atoms with Gasteiger partial charge in [0.15, 0.2) is 0 Å². The van der Waals surface area contributed by atoms with Gasteiger partial charge in [0, 0.05) is 31.1 Å². The van der Waals surface area contributed by atoms with Crippen LogP contribution in [0.5, 0.6) is 0 Å². The van der Waals surface area contributed by atoms with Crippen molar-refractivity contribution in [2.75, 3.05) is 32.1 Å². The fourth-order valence-corrected chi connectivity index (χ4v) is 4.20. The predicted octanol–water partition coefficient (Wildman–Crippen LogP) is 1.49. The van der Waals surface area contributed by atoms with Crippen LogP contribution in [0.4, 0.5) is 0 Å². The number of nitrogens with one attached hydrogen (secondary N) is 1. The van der Waals surface area contributed by atoms with Crippen molar-refractivity contribution in [1.29, 1.82) is 0 Å². The van der Waals surface area contributed by atoms with Crippen molar-refractivity contribution < 1.29 is 0 Å². The predicted molar refractivity (Wildman–Crippen MR) is 76.5 cm³/mol. The van der Waals surface area contributed by atoms with Crippen molar-refractivity contribution in [3.63, 3.8) is 0 Å². The average Bonchev–Trinajstić information content (AvgIpc) is 2.64. The lowest BCUT2D eigenvalue weighted by Crippen LogP contribution is -2.47. The molecule has 0 aliphatic carbocycles. The van der Waals surface area contributed by atoms with Gasteiger partial charge in [-0.05, 0) is 30.0 Å². The second-order valence-electron chi connectivity index (χ2n) is 4.39. The van der Waals surface area contributed by atoms with Crippen LogP contribution in [0.15, 0.2) is 10.7 Å². The minimum atomic E-state index is 0.315. The molecule has 2 unspecified atom stereocenters. The van der Waals surface area contributed by atoms with Crippen LogP contribution in [0.3, 0.4) is 0 Å². The SMILES string of the molecule is CNC(c1c(Br)cnn1C)C1CSCCN1C. The summed E-state index contributed by atoms with van der Waals surface area (Å²) in [6.07, 6.45) is 1.87. The topological polar surface area (TPSA) is 33.1 Å². The monoisotopic (exact) mass is 318 g/mol. The van der Waals surface area contributed by atoms with E-state index in [0.29, 0.717) is 12.1 Å². The zero-order chi connectivity index (χ0) is 12.4. The Labute approximate surface area is 115 Å². The Hall–Kier alpha value is -0.0400. The molecule has 1 aromatic heterocycles. The zero-order valence-electron chi connectivity index (χ0n) is 10.5. The molecule has 1 saturated heterocycles. The van der Waals surface area contributed by atoms with Gasteiger partial charge in [0.1, 0.15) is 0 Å². The van der Waals surface area contributed by atoms with Gasteiger partial charge in [0.05, 0.1) is 22.4 Å². The normalized spacial score (nSPS) is 23.9. The quantitative estimate of drug-likeness (QED) is 0.915. The Morgan fingerprint density at radius 1 is 1.59 bits per heavy atom. The molecule has 0 saturated carbocycles. The summed E-state index contributed by atoms with van der Waals surface area (Å²) in [5.74, 6) is 2.40. The van der Waals surface area contributed by atoms with E-state index in [-0.39, 0.29) is 0 Å². The molecule has 0 aromatic carbocycles. The lowest BCUT2D eigenvalue weighted by atomic mass is 10.0. The van der Waals surface area contributed by atoms with Crippen LogP contribution >= 0.6 is 27.7 Å². The maximum atomic E-state index is 4.31. The van der Waals surface area contributed by atoms with Gasteiger partial charge >= 0.3 is 0 Å². The molecule has 17 heavy (non-hydrogen) atoms. The number of hydrogen-bond acceptors (Lipinski definition) is 4. The van der Waals surface area contributed by atoms with Crippen LogP contribution < -0.4 is 5.32 Å². The van der Waals surface area contributed by atoms with E-state index in [1.807, 2.05) is 36.7 Å². The summed E-state index contributed by atoms with van der Waals surface area (Å²) in [4.78, 5) is 2.44. The van der Waals surface area contributed by atoms with E-state index in [0.717, 1.165) is 11.0 Å². The minimum Gasteiger partial charge on any atom is -0.310 e. The molecule has 0 spiro atoms. The van der Waals surface area contributed by atoms with E-state index >= 15 is 0 Å². The number of nitrogens with zero attached hydrogens (tertiary/aromatic N) is 3. The van der Waals surface area contributed by atoms with E-state index < -0.39 is 0 Å². The highest BCUT2D eigenvalue weighted by Gasteiger charge is 2.31. The molecule has 4 nitrogen and oxygen atoms in total. The maximum absolute atomic E-state index is 4.31. The molecule has 0 radical (unpaired) electrons. The molecular weight excluding hydrogens is 300 g/mol. The first kappa shape index (κ1) is 13.4. The fourth-order valence-electron chi connectivity index (χ4n) is 2.34. The summed E-state index contributed by atoms with van der Waals surface area (Å²) in [7, 11) is 6.23. The zero-order valence-corrected chi connectivity index (χ0v) is 12.9. The van der Waals surface area contributed by atoms with Gasteiger partial charge in [0.25, 0.3) is 0 Å². The highest BCUT2D eigenvalue weighted by Crippen LogP contribution is 2.30. The van der Waals surface area contributed by atoms with Gasteiger partial charge < -0.3 is 5.32 Å². The second kappa shape index (κ2) is 5.73. The number of aromatic nitrogens is 2. The molecule has 96 valence electrons. The highest BCUT2D eigenvalue weighted by molar-refractivity contribution is 9.10. The van der Waals surface area contributed by atoms with Crippen LogP contribution in [0.25, 0.3) is 0 Å². The molecule has 1 N–H and O–H groups in total. The molecule has 1 aromatic rings. The first-order valence-corrected chi connectivity index (χ1v) is 7.72. The van der Waals surface area contributed by atoms with E-state index in [1.54, 1.807) is 0 Å². The van der Waals surface area contributed by atoms with E-state index in [2.05, 4.69) is 38.3 Å². The number of aryl methyl sites for hydroxylation is 1. The maximum Gasteiger partial charge on any atom is 0.0708 e. The summed E-state index contributed by atoms with van der Waals surface area (Å²) in [6, 6.07) is 0.833. The van der Waals surface area contributed by atoms with Crippen LogP contribution in [0.1, 0.15) is 11.7 Å². The van der Waals surface area contributed by atoms with Gasteiger partial charge in [0.2, 0.25) is 0 Å². The lowest BCUT2D eigenvalue weighted by Gasteiger charge is -2.37. The van der Waals surface area contributed by atoms with Crippen LogP contribution in [0.2, 0.25) is 0 Å². The lowest BCUT2D eigenvalue weighted by molar-refractivity contribution is 0.216. The van der Waals surface area contributed by atoms with Crippen molar-refractivity contribution in [3.8, 4) is 0 Å². The van der Waals surface area contributed by atoms with Gasteiger partial charge in [-0.3, -0.25) is 9.58 Å². The van der Waals surface area contributed by atoms with E-state index in [9.17, 15) is 0 Å². The molecule has 1 fully saturated rings. The smallest absolute Gasteiger partial charge is 0.0708 e. The molecule has 2 heterocycles. The van der Waals surface area contributed by atoms with Crippen LogP contribution in [-0.4, -0.2) is 52.9 Å². The van der Waals surface area contributed by atoms with Crippen molar-refractivity contribution in [2.45, 2.75) is 12.1 Å². The number of halogens is 1. The Morgan fingerprint density at radius 2 is 2.35 bits per heavy atom. The first-order chi connectivity index (χ1) is 8.15. The van der Waals surface area contributed by atoms with Crippen LogP contribution in [-0.2, 0) is 7.05 Å². The number of hydrogen-bond donors (Lipinski definition) is 1. The number of rotatable bonds is 3. The Kier molecular flexibility index (Phi) is 4.52. The molecule has 2 atom stereocenters. The standard InChI is InChI=1S/C11H19BrN4S/c1-13-10(9-7-17-5-4-15(9)2)11-8(12)6-14-16(11)3/h6,9-10,13H,4-5,7H2,1-3H3. The van der Waals surface area contributed by atoms with E-state index in [1.165, 1.54) is 17.2 Å². The van der Waals surface area contributed by atoms with Gasteiger partial charge in [-0.15, -0.1) is 0 Å². The molecule has 6 heteroatoms. The number of thioether (sulfide) groups is 1. The molecule has 0 amide bonds. The molecular formula is C11H19BrN4S. The molecule has 2 rings (SSSR count). The van der Waals surface area contributed by atoms with Crippen molar-refractivity contribution >= 4 is 27.7 Å². The minimum absolute atomic E-state index is 0.315. The van der Waals surface area contributed by atoms with Gasteiger partial charge in [-0.2, -0.15) is 16.9 Å². The van der Waals surface area contributed by atoms with Crippen LogP contribution in [0, 0.1) is 0 Å². The Balaban J connectivity index is 2.26. The largest absolute Gasteiger partial charge is 0.310 e. The third-order valence-corrected chi connectivity index (χ3v) is 5.03. The van der Waals surface area contributed by atoms with Gasteiger partial charge in [-0.1, -0.05) is 0 Å². The third-order valence-electron chi connectivity index (χ3n) is 3.37. The van der Waals surface area contributed by atoms with Crippen molar-refractivity contribution in [2.24, 2.45) is 7.05 Å². The summed E-state index contributed by atoms with van der Waals surface area (Å²) in [5, 5.41) is 7.75. The number of likely N-dealkylation sites (N-methyl/N-ethyl adjacent to an activating group) is 2. The highest BCUT2D eigenvalue weighted by atomic mass is 79.9. The van der Waals surface area contributed by atoms with Gasteiger partial charge in [-0.25, -0.2) is 0 Å². The second-order valence-corrected chi connectivity index (χ2v) is 6.39. The molecule has 1 aliphatic rings. The summed E-state index contributed by atoms with van der Waals surface area (Å²) in [6.45, 7) is 1.16. The summed E-state index contributed by atoms with van der Waals surface area (Å²) >= 11 is 5.63. The van der Waals surface area contributed by atoms with Crippen molar-refractivity contribution in [1.82, 2.24) is 20.0 Å². The van der Waals surface area contributed by atoms with Crippen molar-refractivity contribution in [3.05, 3.63) is 16.4 Å². The summed E-state index contributed by atoms with van der Waals surface area (Å²) in [5.41, 5.74) is 1.23.